The Morgan fingerprint density at radius 1 is 1.20 bits per heavy atom. The molecule has 0 atom stereocenters. The summed E-state index contributed by atoms with van der Waals surface area (Å²) in [6.07, 6.45) is -4.90. The van der Waals surface area contributed by atoms with Crippen molar-refractivity contribution in [3.63, 3.8) is 0 Å². The standard InChI is InChI=1S/C14H19F3N2O/c1-2-9-18-10-11-3-5-12(6-4-11)19-13(20)7-8-14(15,16)17/h3-6,18H,2,7-10H2,1H3,(H,19,20). The molecular weight excluding hydrogens is 269 g/mol. The summed E-state index contributed by atoms with van der Waals surface area (Å²) in [6.45, 7) is 3.73. The first kappa shape index (κ1) is 16.5. The quantitative estimate of drug-likeness (QED) is 0.754. The highest BCUT2D eigenvalue weighted by molar-refractivity contribution is 5.90. The van der Waals surface area contributed by atoms with Crippen LogP contribution >= 0.6 is 0 Å². The molecular formula is C14H19F3N2O. The summed E-state index contributed by atoms with van der Waals surface area (Å²) in [6, 6.07) is 7.05. The molecule has 0 aliphatic rings. The third-order valence-electron chi connectivity index (χ3n) is 2.63. The van der Waals surface area contributed by atoms with Gasteiger partial charge in [-0.2, -0.15) is 13.2 Å². The summed E-state index contributed by atoms with van der Waals surface area (Å²) in [4.78, 5) is 11.3. The van der Waals surface area contributed by atoms with Crippen molar-refractivity contribution < 1.29 is 18.0 Å². The Balaban J connectivity index is 2.39. The van der Waals surface area contributed by atoms with Gasteiger partial charge in [0.1, 0.15) is 0 Å². The Bertz CT molecular complexity index is 415. The molecule has 20 heavy (non-hydrogen) atoms. The highest BCUT2D eigenvalue weighted by Crippen LogP contribution is 2.21. The molecule has 1 aromatic carbocycles. The lowest BCUT2D eigenvalue weighted by molar-refractivity contribution is -0.142. The number of nitrogens with one attached hydrogen (secondary N) is 2. The van der Waals surface area contributed by atoms with Crippen molar-refractivity contribution in [2.45, 2.75) is 38.9 Å². The first-order chi connectivity index (χ1) is 9.40. The Labute approximate surface area is 116 Å². The van der Waals surface area contributed by atoms with Crippen LogP contribution < -0.4 is 10.6 Å². The molecule has 2 N–H and O–H groups in total. The van der Waals surface area contributed by atoms with Crippen LogP contribution in [0, 0.1) is 0 Å². The molecule has 0 aliphatic carbocycles. The summed E-state index contributed by atoms with van der Waals surface area (Å²) in [7, 11) is 0. The molecule has 1 rings (SSSR count). The van der Waals surface area contributed by atoms with Crippen molar-refractivity contribution in [2.75, 3.05) is 11.9 Å². The zero-order chi connectivity index (χ0) is 15.0. The number of benzene rings is 1. The lowest BCUT2D eigenvalue weighted by atomic mass is 10.2. The number of alkyl halides is 3. The van der Waals surface area contributed by atoms with Gasteiger partial charge in [-0.15, -0.1) is 0 Å². The SMILES string of the molecule is CCCNCc1ccc(NC(=O)CCC(F)(F)F)cc1. The number of anilines is 1. The second kappa shape index (κ2) is 7.89. The Kier molecular flexibility index (Phi) is 6.51. The van der Waals surface area contributed by atoms with Crippen LogP contribution in [0.1, 0.15) is 31.7 Å². The van der Waals surface area contributed by atoms with Crippen molar-refractivity contribution in [3.05, 3.63) is 29.8 Å². The van der Waals surface area contributed by atoms with Crippen LogP contribution in [0.5, 0.6) is 0 Å². The number of carbonyl (C=O) groups is 1. The first-order valence-corrected chi connectivity index (χ1v) is 6.57. The van der Waals surface area contributed by atoms with Gasteiger partial charge in [0.2, 0.25) is 5.91 Å². The van der Waals surface area contributed by atoms with Gasteiger partial charge in [-0.25, -0.2) is 0 Å². The summed E-state index contributed by atoms with van der Waals surface area (Å²) >= 11 is 0. The minimum Gasteiger partial charge on any atom is -0.326 e. The molecule has 0 heterocycles. The second-order valence-corrected chi connectivity index (χ2v) is 4.54. The number of halogens is 3. The maximum Gasteiger partial charge on any atom is 0.389 e. The molecule has 0 aromatic heterocycles. The second-order valence-electron chi connectivity index (χ2n) is 4.54. The van der Waals surface area contributed by atoms with Gasteiger partial charge in [0.15, 0.2) is 0 Å². The largest absolute Gasteiger partial charge is 0.389 e. The topological polar surface area (TPSA) is 41.1 Å². The van der Waals surface area contributed by atoms with Crippen LogP contribution in [0.3, 0.4) is 0 Å². The van der Waals surface area contributed by atoms with E-state index in [0.717, 1.165) is 25.1 Å². The molecule has 0 saturated carbocycles. The van der Waals surface area contributed by atoms with Crippen LogP contribution in [0.2, 0.25) is 0 Å². The normalized spacial score (nSPS) is 11.4. The van der Waals surface area contributed by atoms with Gasteiger partial charge in [0.05, 0.1) is 6.42 Å². The van der Waals surface area contributed by atoms with Gasteiger partial charge in [-0.05, 0) is 30.7 Å². The van der Waals surface area contributed by atoms with Crippen LogP contribution in [-0.2, 0) is 11.3 Å². The summed E-state index contributed by atoms with van der Waals surface area (Å²) < 4.78 is 35.9. The average Bonchev–Trinajstić information content (AvgIpc) is 2.38. The predicted octanol–water partition coefficient (Wildman–Crippen LogP) is 3.47. The summed E-state index contributed by atoms with van der Waals surface area (Å²) in [5.74, 6) is -0.626. The summed E-state index contributed by atoms with van der Waals surface area (Å²) in [5.41, 5.74) is 1.57. The average molecular weight is 288 g/mol. The molecule has 0 spiro atoms. The molecule has 112 valence electrons. The third kappa shape index (κ3) is 7.13. The van der Waals surface area contributed by atoms with E-state index in [4.69, 9.17) is 0 Å². The van der Waals surface area contributed by atoms with E-state index in [2.05, 4.69) is 17.6 Å². The van der Waals surface area contributed by atoms with E-state index in [9.17, 15) is 18.0 Å². The van der Waals surface area contributed by atoms with Crippen LogP contribution in [0.4, 0.5) is 18.9 Å². The van der Waals surface area contributed by atoms with E-state index in [-0.39, 0.29) is 0 Å². The van der Waals surface area contributed by atoms with Crippen molar-refractivity contribution in [3.8, 4) is 0 Å². The molecule has 0 bridgehead atoms. The fourth-order valence-electron chi connectivity index (χ4n) is 1.59. The van der Waals surface area contributed by atoms with Crippen LogP contribution in [0.25, 0.3) is 0 Å². The lowest BCUT2D eigenvalue weighted by Gasteiger charge is -2.08. The van der Waals surface area contributed by atoms with E-state index in [1.807, 2.05) is 12.1 Å². The molecule has 6 heteroatoms. The minimum absolute atomic E-state index is 0.511. The zero-order valence-corrected chi connectivity index (χ0v) is 11.4. The molecule has 0 radical (unpaired) electrons. The monoisotopic (exact) mass is 288 g/mol. The lowest BCUT2D eigenvalue weighted by Crippen LogP contribution is -2.16. The van der Waals surface area contributed by atoms with E-state index >= 15 is 0 Å². The first-order valence-electron chi connectivity index (χ1n) is 6.57. The molecule has 0 unspecified atom stereocenters. The molecule has 1 amide bonds. The Hall–Kier alpha value is -1.56. The van der Waals surface area contributed by atoms with Crippen molar-refractivity contribution >= 4 is 11.6 Å². The van der Waals surface area contributed by atoms with Gasteiger partial charge in [0, 0.05) is 18.7 Å². The molecule has 0 fully saturated rings. The van der Waals surface area contributed by atoms with E-state index in [1.165, 1.54) is 0 Å². The van der Waals surface area contributed by atoms with Gasteiger partial charge in [-0.3, -0.25) is 4.79 Å². The van der Waals surface area contributed by atoms with E-state index < -0.39 is 24.9 Å². The highest BCUT2D eigenvalue weighted by atomic mass is 19.4. The fraction of sp³-hybridized carbons (Fsp3) is 0.500. The van der Waals surface area contributed by atoms with E-state index in [0.29, 0.717) is 5.69 Å². The fourth-order valence-corrected chi connectivity index (χ4v) is 1.59. The Morgan fingerprint density at radius 2 is 1.85 bits per heavy atom. The number of amides is 1. The van der Waals surface area contributed by atoms with Crippen molar-refractivity contribution in [1.29, 1.82) is 0 Å². The predicted molar refractivity (Wildman–Crippen MR) is 72.4 cm³/mol. The minimum atomic E-state index is -4.30. The number of rotatable bonds is 7. The van der Waals surface area contributed by atoms with Crippen LogP contribution in [0.15, 0.2) is 24.3 Å². The van der Waals surface area contributed by atoms with Gasteiger partial charge < -0.3 is 10.6 Å². The zero-order valence-electron chi connectivity index (χ0n) is 11.4. The molecule has 1 aromatic rings. The third-order valence-corrected chi connectivity index (χ3v) is 2.63. The van der Waals surface area contributed by atoms with E-state index in [1.54, 1.807) is 12.1 Å². The highest BCUT2D eigenvalue weighted by Gasteiger charge is 2.27. The molecule has 0 saturated heterocycles. The number of hydrogen-bond donors (Lipinski definition) is 2. The van der Waals surface area contributed by atoms with Gasteiger partial charge in [-0.1, -0.05) is 19.1 Å². The maximum atomic E-state index is 12.0. The number of carbonyl (C=O) groups excluding carboxylic acids is 1. The van der Waals surface area contributed by atoms with Crippen LogP contribution in [-0.4, -0.2) is 18.6 Å². The smallest absolute Gasteiger partial charge is 0.326 e. The summed E-state index contributed by atoms with van der Waals surface area (Å²) in [5, 5.41) is 5.69. The number of hydrogen-bond acceptors (Lipinski definition) is 2. The Morgan fingerprint density at radius 3 is 2.40 bits per heavy atom. The molecule has 0 aliphatic heterocycles. The maximum absolute atomic E-state index is 12.0. The van der Waals surface area contributed by atoms with Crippen molar-refractivity contribution in [2.24, 2.45) is 0 Å². The van der Waals surface area contributed by atoms with Gasteiger partial charge >= 0.3 is 6.18 Å². The molecule has 3 nitrogen and oxygen atoms in total. The van der Waals surface area contributed by atoms with Crippen molar-refractivity contribution in [1.82, 2.24) is 5.32 Å². The van der Waals surface area contributed by atoms with Gasteiger partial charge in [0.25, 0.3) is 0 Å².